The number of hydrogen-bond acceptors (Lipinski definition) is 3. The maximum Gasteiger partial charge on any atom is 0.320 e. The average Bonchev–Trinajstić information content (AvgIpc) is 2.26. The third-order valence-electron chi connectivity index (χ3n) is 3.09. The van der Waals surface area contributed by atoms with Crippen molar-refractivity contribution in [1.29, 1.82) is 0 Å². The van der Waals surface area contributed by atoms with Crippen LogP contribution < -0.4 is 0 Å². The van der Waals surface area contributed by atoms with Gasteiger partial charge in [0.25, 0.3) is 0 Å². The van der Waals surface area contributed by atoms with Crippen molar-refractivity contribution in [2.75, 3.05) is 26.2 Å². The second-order valence-electron chi connectivity index (χ2n) is 5.57. The van der Waals surface area contributed by atoms with Crippen LogP contribution in [0.4, 0.5) is 4.79 Å². The molecule has 1 N–H and O–H groups in total. The molecule has 0 spiro atoms. The maximum atomic E-state index is 12.4. The van der Waals surface area contributed by atoms with Gasteiger partial charge in [-0.3, -0.25) is 4.79 Å². The number of carboxylic acids is 1. The Balaban J connectivity index is 2.65. The van der Waals surface area contributed by atoms with Crippen molar-refractivity contribution in [1.82, 2.24) is 9.80 Å². The number of carbonyl (C=O) groups is 2. The molecule has 110 valence electrons. The van der Waals surface area contributed by atoms with Crippen molar-refractivity contribution >= 4 is 12.0 Å². The highest BCUT2D eigenvalue weighted by Gasteiger charge is 2.35. The van der Waals surface area contributed by atoms with E-state index in [1.807, 2.05) is 27.7 Å². The second-order valence-corrected chi connectivity index (χ2v) is 5.57. The summed E-state index contributed by atoms with van der Waals surface area (Å²) in [6, 6.07) is -0.105. The fourth-order valence-electron chi connectivity index (χ4n) is 2.42. The fraction of sp³-hybridized carbons (Fsp3) is 0.846. The molecule has 0 radical (unpaired) electrons. The van der Waals surface area contributed by atoms with Crippen molar-refractivity contribution in [2.24, 2.45) is 0 Å². The minimum absolute atomic E-state index is 0.00844. The summed E-state index contributed by atoms with van der Waals surface area (Å²) in [7, 11) is 0. The van der Waals surface area contributed by atoms with Crippen molar-refractivity contribution in [2.45, 2.75) is 45.8 Å². The molecule has 1 unspecified atom stereocenters. The van der Waals surface area contributed by atoms with Crippen molar-refractivity contribution in [3.05, 3.63) is 0 Å². The van der Waals surface area contributed by atoms with Crippen LogP contribution in [0.15, 0.2) is 0 Å². The van der Waals surface area contributed by atoms with Crippen LogP contribution in [0.25, 0.3) is 0 Å². The van der Waals surface area contributed by atoms with Gasteiger partial charge in [0.1, 0.15) is 0 Å². The average molecular weight is 272 g/mol. The first-order chi connectivity index (χ1) is 8.75. The number of urea groups is 1. The third-order valence-corrected chi connectivity index (χ3v) is 3.09. The van der Waals surface area contributed by atoms with E-state index in [9.17, 15) is 9.59 Å². The van der Waals surface area contributed by atoms with Gasteiger partial charge in [-0.2, -0.15) is 0 Å². The first-order valence-electron chi connectivity index (χ1n) is 6.68. The minimum Gasteiger partial charge on any atom is -0.481 e. The lowest BCUT2D eigenvalue weighted by molar-refractivity contribution is -0.137. The number of aliphatic carboxylic acids is 1. The lowest BCUT2D eigenvalue weighted by Gasteiger charge is -2.43. The zero-order valence-corrected chi connectivity index (χ0v) is 12.2. The maximum absolute atomic E-state index is 12.4. The minimum atomic E-state index is -0.887. The van der Waals surface area contributed by atoms with Gasteiger partial charge in [0.15, 0.2) is 0 Å². The number of carboxylic acid groups (broad SMARTS) is 1. The standard InChI is InChI=1S/C13H24N2O4/c1-5-14(7-6-11(16)17)12(18)15-8-10(2)19-13(3,4)9-15/h10H,5-9H2,1-4H3,(H,16,17). The van der Waals surface area contributed by atoms with Crippen molar-refractivity contribution < 1.29 is 19.4 Å². The second kappa shape index (κ2) is 6.23. The van der Waals surface area contributed by atoms with Gasteiger partial charge in [0.2, 0.25) is 0 Å². The SMILES string of the molecule is CCN(CCC(=O)O)C(=O)N1CC(C)OC(C)(C)C1. The Morgan fingerprint density at radius 2 is 2.11 bits per heavy atom. The fourth-order valence-corrected chi connectivity index (χ4v) is 2.42. The van der Waals surface area contributed by atoms with Crippen LogP contribution in [-0.2, 0) is 9.53 Å². The molecular weight excluding hydrogens is 248 g/mol. The molecule has 1 fully saturated rings. The Labute approximate surface area is 114 Å². The highest BCUT2D eigenvalue weighted by atomic mass is 16.5. The van der Waals surface area contributed by atoms with E-state index in [-0.39, 0.29) is 30.7 Å². The highest BCUT2D eigenvalue weighted by Crippen LogP contribution is 2.21. The molecule has 1 aliphatic rings. The predicted molar refractivity (Wildman–Crippen MR) is 71.1 cm³/mol. The Kier molecular flexibility index (Phi) is 5.17. The summed E-state index contributed by atoms with van der Waals surface area (Å²) < 4.78 is 5.76. The van der Waals surface area contributed by atoms with Gasteiger partial charge < -0.3 is 19.6 Å². The summed E-state index contributed by atoms with van der Waals surface area (Å²) >= 11 is 0. The number of ether oxygens (including phenoxy) is 1. The van der Waals surface area contributed by atoms with Gasteiger partial charge in [-0.25, -0.2) is 4.79 Å². The molecule has 0 saturated carbocycles. The summed E-state index contributed by atoms with van der Waals surface area (Å²) in [6.45, 7) is 9.54. The van der Waals surface area contributed by atoms with Crippen LogP contribution >= 0.6 is 0 Å². The molecule has 6 nitrogen and oxygen atoms in total. The number of amides is 2. The van der Waals surface area contributed by atoms with E-state index in [0.29, 0.717) is 19.6 Å². The number of hydrogen-bond donors (Lipinski definition) is 1. The Bertz CT molecular complexity index is 344. The van der Waals surface area contributed by atoms with E-state index in [0.717, 1.165) is 0 Å². The lowest BCUT2D eigenvalue weighted by Crippen LogP contribution is -2.57. The van der Waals surface area contributed by atoms with Crippen LogP contribution in [0.3, 0.4) is 0 Å². The summed E-state index contributed by atoms with van der Waals surface area (Å²) in [5, 5.41) is 8.70. The third kappa shape index (κ3) is 4.70. The van der Waals surface area contributed by atoms with Crippen LogP contribution in [0.2, 0.25) is 0 Å². The zero-order chi connectivity index (χ0) is 14.6. The van der Waals surface area contributed by atoms with Crippen LogP contribution in [0.1, 0.15) is 34.1 Å². The zero-order valence-electron chi connectivity index (χ0n) is 12.2. The van der Waals surface area contributed by atoms with Gasteiger partial charge in [-0.15, -0.1) is 0 Å². The highest BCUT2D eigenvalue weighted by molar-refractivity contribution is 5.75. The van der Waals surface area contributed by atoms with E-state index in [1.54, 1.807) is 9.80 Å². The van der Waals surface area contributed by atoms with Crippen LogP contribution in [-0.4, -0.2) is 64.8 Å². The summed E-state index contributed by atoms with van der Waals surface area (Å²) in [5.74, 6) is -0.887. The molecule has 0 aromatic heterocycles. The van der Waals surface area contributed by atoms with Gasteiger partial charge in [-0.05, 0) is 27.7 Å². The molecule has 0 aromatic rings. The molecule has 1 saturated heterocycles. The summed E-state index contributed by atoms with van der Waals surface area (Å²) in [6.07, 6.45) is -0.0334. The lowest BCUT2D eigenvalue weighted by atomic mass is 10.1. The monoisotopic (exact) mass is 272 g/mol. The smallest absolute Gasteiger partial charge is 0.320 e. The summed E-state index contributed by atoms with van der Waals surface area (Å²) in [5.41, 5.74) is -0.362. The molecule has 6 heteroatoms. The van der Waals surface area contributed by atoms with Gasteiger partial charge in [0, 0.05) is 19.6 Å². The summed E-state index contributed by atoms with van der Waals surface area (Å²) in [4.78, 5) is 26.3. The molecule has 0 aliphatic carbocycles. The van der Waals surface area contributed by atoms with Crippen molar-refractivity contribution in [3.63, 3.8) is 0 Å². The Morgan fingerprint density at radius 3 is 2.58 bits per heavy atom. The Hall–Kier alpha value is -1.30. The van der Waals surface area contributed by atoms with Crippen LogP contribution in [0.5, 0.6) is 0 Å². The molecular formula is C13H24N2O4. The predicted octanol–water partition coefficient (Wildman–Crippen LogP) is 1.40. The van der Waals surface area contributed by atoms with E-state index in [4.69, 9.17) is 9.84 Å². The molecule has 0 aromatic carbocycles. The first kappa shape index (κ1) is 15.8. The largest absolute Gasteiger partial charge is 0.481 e. The molecule has 1 aliphatic heterocycles. The van der Waals surface area contributed by atoms with Gasteiger partial charge >= 0.3 is 12.0 Å². The van der Waals surface area contributed by atoms with Gasteiger partial charge in [-0.1, -0.05) is 0 Å². The molecule has 19 heavy (non-hydrogen) atoms. The molecule has 2 amide bonds. The van der Waals surface area contributed by atoms with E-state index < -0.39 is 5.97 Å². The normalized spacial score (nSPS) is 22.1. The van der Waals surface area contributed by atoms with Crippen molar-refractivity contribution in [3.8, 4) is 0 Å². The number of nitrogens with zero attached hydrogens (tertiary/aromatic N) is 2. The number of morpholine rings is 1. The molecule has 0 bridgehead atoms. The van der Waals surface area contributed by atoms with E-state index >= 15 is 0 Å². The first-order valence-corrected chi connectivity index (χ1v) is 6.68. The molecule has 1 heterocycles. The number of rotatable bonds is 4. The molecule has 1 atom stereocenters. The van der Waals surface area contributed by atoms with E-state index in [1.165, 1.54) is 0 Å². The van der Waals surface area contributed by atoms with E-state index in [2.05, 4.69) is 0 Å². The van der Waals surface area contributed by atoms with Crippen LogP contribution in [0, 0.1) is 0 Å². The quantitative estimate of drug-likeness (QED) is 0.840. The van der Waals surface area contributed by atoms with Gasteiger partial charge in [0.05, 0.1) is 24.7 Å². The number of carbonyl (C=O) groups excluding carboxylic acids is 1. The topological polar surface area (TPSA) is 70.1 Å². The molecule has 1 rings (SSSR count). The Morgan fingerprint density at radius 1 is 1.47 bits per heavy atom.